The van der Waals surface area contributed by atoms with Crippen LogP contribution in [-0.2, 0) is 13.0 Å². The minimum Gasteiger partial charge on any atom is -0.328 e. The Bertz CT molecular complexity index is 950. The molecular formula is C25H38FN6O+. The van der Waals surface area contributed by atoms with Crippen molar-refractivity contribution in [2.75, 3.05) is 38.0 Å². The lowest BCUT2D eigenvalue weighted by atomic mass is 9.91. The van der Waals surface area contributed by atoms with Crippen LogP contribution in [0.3, 0.4) is 0 Å². The number of nitrogens with one attached hydrogen (secondary N) is 3. The van der Waals surface area contributed by atoms with Gasteiger partial charge in [-0.15, -0.1) is 0 Å². The summed E-state index contributed by atoms with van der Waals surface area (Å²) in [7, 11) is 0. The van der Waals surface area contributed by atoms with E-state index in [1.165, 1.54) is 0 Å². The minimum atomic E-state index is -0.294. The Morgan fingerprint density at radius 1 is 1.12 bits per heavy atom. The predicted molar refractivity (Wildman–Crippen MR) is 129 cm³/mol. The van der Waals surface area contributed by atoms with E-state index < -0.39 is 0 Å². The molecule has 33 heavy (non-hydrogen) atoms. The van der Waals surface area contributed by atoms with Crippen LogP contribution in [0.2, 0.25) is 0 Å². The third-order valence-corrected chi connectivity index (χ3v) is 6.97. The molecule has 8 heteroatoms. The number of likely N-dealkylation sites (tertiary alicyclic amines) is 1. The van der Waals surface area contributed by atoms with Gasteiger partial charge in [0.25, 0.3) is 0 Å². The van der Waals surface area contributed by atoms with Crippen LogP contribution in [0.25, 0.3) is 0 Å². The molecule has 0 bridgehead atoms. The average molecular weight is 458 g/mol. The summed E-state index contributed by atoms with van der Waals surface area (Å²) in [6.07, 6.45) is 9.10. The molecule has 2 aliphatic rings. The summed E-state index contributed by atoms with van der Waals surface area (Å²) in [6.45, 7) is 5.96. The molecule has 2 aliphatic heterocycles. The first-order chi connectivity index (χ1) is 16.1. The van der Waals surface area contributed by atoms with Gasteiger partial charge in [0.2, 0.25) is 5.82 Å². The van der Waals surface area contributed by atoms with E-state index in [2.05, 4.69) is 20.5 Å². The van der Waals surface area contributed by atoms with Crippen LogP contribution in [-0.4, -0.2) is 48.6 Å². The van der Waals surface area contributed by atoms with E-state index in [9.17, 15) is 9.18 Å². The van der Waals surface area contributed by atoms with Crippen molar-refractivity contribution in [3.63, 3.8) is 0 Å². The summed E-state index contributed by atoms with van der Waals surface area (Å²) in [5, 5.41) is 6.38. The van der Waals surface area contributed by atoms with Gasteiger partial charge in [0.1, 0.15) is 5.82 Å². The van der Waals surface area contributed by atoms with Gasteiger partial charge in [-0.05, 0) is 101 Å². The molecule has 3 heterocycles. The number of aromatic nitrogens is 2. The molecule has 2 aromatic rings. The molecule has 0 spiro atoms. The molecule has 2 saturated heterocycles. The second-order valence-corrected chi connectivity index (χ2v) is 9.58. The van der Waals surface area contributed by atoms with E-state index in [1.807, 2.05) is 6.07 Å². The number of nitrogens with two attached hydrogens (primary N) is 1. The third kappa shape index (κ3) is 7.09. The standard InChI is InChI=1S/C25H37FN6O/c26-22-18-20(17-19-5-10-28-11-6-19)3-4-23(22)29-24-9-16-32(25(33)30-24)13-2-1-12-31-14-7-21(27)8-15-31/h3-4,9,16,18-19,21,28H,1-2,5-8,10-15,17,27H2,(H,29,30,33)/p+1. The first-order valence-electron chi connectivity index (χ1n) is 12.4. The molecular weight excluding hydrogens is 419 g/mol. The van der Waals surface area contributed by atoms with Crippen molar-refractivity contribution >= 4 is 11.5 Å². The number of nitrogens with zero attached hydrogens (tertiary/aromatic N) is 2. The van der Waals surface area contributed by atoms with Crippen LogP contribution in [0.5, 0.6) is 0 Å². The van der Waals surface area contributed by atoms with Crippen molar-refractivity contribution in [3.05, 3.63) is 52.3 Å². The summed E-state index contributed by atoms with van der Waals surface area (Å²) in [6, 6.07) is 7.49. The SMILES string of the molecule is NC1CCN(CCCC[n+]2ccc(Nc3ccc(CC4CCNCC4)cc3F)[nH]c2=O)CC1. The summed E-state index contributed by atoms with van der Waals surface area (Å²) in [5.41, 5.74) is 7.17. The maximum Gasteiger partial charge on any atom is 0.497 e. The number of piperidine rings is 2. The molecule has 0 atom stereocenters. The molecule has 1 aromatic carbocycles. The van der Waals surface area contributed by atoms with E-state index in [1.54, 1.807) is 29.0 Å². The molecule has 0 amide bonds. The first-order valence-corrected chi connectivity index (χ1v) is 12.4. The van der Waals surface area contributed by atoms with E-state index in [4.69, 9.17) is 5.73 Å². The van der Waals surface area contributed by atoms with Crippen molar-refractivity contribution < 1.29 is 8.96 Å². The predicted octanol–water partition coefficient (Wildman–Crippen LogP) is 2.29. The number of anilines is 2. The maximum atomic E-state index is 14.7. The number of hydrogen-bond acceptors (Lipinski definition) is 5. The molecule has 0 unspecified atom stereocenters. The van der Waals surface area contributed by atoms with Crippen molar-refractivity contribution in [2.45, 2.75) is 57.5 Å². The Kier molecular flexibility index (Phi) is 8.47. The van der Waals surface area contributed by atoms with E-state index in [0.29, 0.717) is 30.0 Å². The number of H-pyrrole nitrogens is 1. The fourth-order valence-corrected chi connectivity index (χ4v) is 4.86. The lowest BCUT2D eigenvalue weighted by molar-refractivity contribution is -0.714. The monoisotopic (exact) mass is 457 g/mol. The third-order valence-electron chi connectivity index (χ3n) is 6.97. The average Bonchev–Trinajstić information content (AvgIpc) is 2.81. The molecule has 2 fully saturated rings. The molecule has 0 radical (unpaired) electrons. The molecule has 1 aromatic heterocycles. The summed E-state index contributed by atoms with van der Waals surface area (Å²) < 4.78 is 16.3. The fraction of sp³-hybridized carbons (Fsp3) is 0.600. The Morgan fingerprint density at radius 2 is 1.91 bits per heavy atom. The number of unbranched alkanes of at least 4 members (excludes halogenated alkanes) is 1. The number of benzene rings is 1. The first kappa shape index (κ1) is 23.9. The van der Waals surface area contributed by atoms with Crippen molar-refractivity contribution in [1.29, 1.82) is 0 Å². The van der Waals surface area contributed by atoms with Crippen LogP contribution >= 0.6 is 0 Å². The zero-order valence-corrected chi connectivity index (χ0v) is 19.5. The van der Waals surface area contributed by atoms with Gasteiger partial charge in [-0.2, -0.15) is 14.3 Å². The number of hydrogen-bond donors (Lipinski definition) is 4. The highest BCUT2D eigenvalue weighted by Crippen LogP contribution is 2.23. The van der Waals surface area contributed by atoms with Crippen molar-refractivity contribution in [1.82, 2.24) is 15.2 Å². The molecule has 7 nitrogen and oxygen atoms in total. The summed E-state index contributed by atoms with van der Waals surface area (Å²) in [5.74, 6) is 0.812. The number of rotatable bonds is 9. The van der Waals surface area contributed by atoms with Gasteiger partial charge in [-0.3, -0.25) is 0 Å². The molecule has 4 rings (SSSR count). The van der Waals surface area contributed by atoms with Crippen LogP contribution in [0.1, 0.15) is 44.1 Å². The zero-order chi connectivity index (χ0) is 23.0. The van der Waals surface area contributed by atoms with Crippen LogP contribution in [0.15, 0.2) is 35.3 Å². The summed E-state index contributed by atoms with van der Waals surface area (Å²) >= 11 is 0. The van der Waals surface area contributed by atoms with Gasteiger partial charge in [-0.25, -0.2) is 4.39 Å². The van der Waals surface area contributed by atoms with Crippen LogP contribution < -0.4 is 26.6 Å². The number of aromatic amines is 1. The molecule has 5 N–H and O–H groups in total. The van der Waals surface area contributed by atoms with Gasteiger partial charge >= 0.3 is 5.69 Å². The van der Waals surface area contributed by atoms with Gasteiger partial charge < -0.3 is 21.3 Å². The smallest absolute Gasteiger partial charge is 0.328 e. The molecule has 0 saturated carbocycles. The Balaban J connectivity index is 1.25. The topological polar surface area (TPSA) is 90.1 Å². The minimum absolute atomic E-state index is 0.188. The van der Waals surface area contributed by atoms with Crippen molar-refractivity contribution in [2.24, 2.45) is 11.7 Å². The fourth-order valence-electron chi connectivity index (χ4n) is 4.86. The second kappa shape index (κ2) is 11.7. The van der Waals surface area contributed by atoms with Gasteiger partial charge in [0.05, 0.1) is 18.4 Å². The van der Waals surface area contributed by atoms with E-state index >= 15 is 0 Å². The van der Waals surface area contributed by atoms with E-state index in [0.717, 1.165) is 83.2 Å². The number of halogens is 1. The van der Waals surface area contributed by atoms with Gasteiger partial charge in [0.15, 0.2) is 0 Å². The normalized spacial score (nSPS) is 18.5. The van der Waals surface area contributed by atoms with Crippen molar-refractivity contribution in [3.8, 4) is 0 Å². The Hall–Kier alpha value is -2.29. The van der Waals surface area contributed by atoms with Gasteiger partial charge in [-0.1, -0.05) is 6.07 Å². The molecule has 180 valence electrons. The highest BCUT2D eigenvalue weighted by Gasteiger charge is 2.17. The summed E-state index contributed by atoms with van der Waals surface area (Å²) in [4.78, 5) is 17.7. The van der Waals surface area contributed by atoms with E-state index in [-0.39, 0.29) is 11.5 Å². The van der Waals surface area contributed by atoms with Crippen LogP contribution in [0, 0.1) is 11.7 Å². The zero-order valence-electron chi connectivity index (χ0n) is 19.5. The highest BCUT2D eigenvalue weighted by molar-refractivity contribution is 5.56. The van der Waals surface area contributed by atoms with Crippen LogP contribution in [0.4, 0.5) is 15.9 Å². The van der Waals surface area contributed by atoms with Gasteiger partial charge in [0, 0.05) is 12.1 Å². The Labute approximate surface area is 195 Å². The highest BCUT2D eigenvalue weighted by atomic mass is 19.1. The Morgan fingerprint density at radius 3 is 2.64 bits per heavy atom. The maximum absolute atomic E-state index is 14.7. The number of aryl methyl sites for hydroxylation is 1. The molecule has 0 aliphatic carbocycles. The largest absolute Gasteiger partial charge is 0.497 e. The quantitative estimate of drug-likeness (QED) is 0.343. The second-order valence-electron chi connectivity index (χ2n) is 9.58. The lowest BCUT2D eigenvalue weighted by Gasteiger charge is -2.29. The lowest BCUT2D eigenvalue weighted by Crippen LogP contribution is -2.51.